The van der Waals surface area contributed by atoms with Gasteiger partial charge in [-0.25, -0.2) is 0 Å². The number of benzene rings is 1. The summed E-state index contributed by atoms with van der Waals surface area (Å²) in [5.41, 5.74) is 1.32. The fourth-order valence-corrected chi connectivity index (χ4v) is 2.12. The number of hydrogen-bond acceptors (Lipinski definition) is 0. The Bertz CT molecular complexity index is 255. The lowest BCUT2D eigenvalue weighted by Crippen LogP contribution is -1.94. The monoisotopic (exact) mass is 239 g/mol. The molecule has 0 saturated heterocycles. The van der Waals surface area contributed by atoms with Crippen molar-refractivity contribution in [1.82, 2.24) is 0 Å². The van der Waals surface area contributed by atoms with E-state index in [-0.39, 0.29) is 0 Å². The van der Waals surface area contributed by atoms with E-state index in [1.54, 1.807) is 0 Å². The smallest absolute Gasteiger partial charge is 0.0216 e. The second kappa shape index (κ2) is 5.43. The van der Waals surface area contributed by atoms with E-state index in [1.807, 2.05) is 12.1 Å². The summed E-state index contributed by atoms with van der Waals surface area (Å²) >= 11 is 3.56. The molecule has 0 heterocycles. The molecule has 0 spiro atoms. The van der Waals surface area contributed by atoms with Gasteiger partial charge in [-0.15, -0.1) is 0 Å². The van der Waals surface area contributed by atoms with Crippen LogP contribution < -0.4 is 0 Å². The van der Waals surface area contributed by atoms with Crippen LogP contribution >= 0.6 is 15.9 Å². The number of rotatable bonds is 4. The van der Waals surface area contributed by atoms with E-state index in [0.717, 1.165) is 0 Å². The highest BCUT2D eigenvalue weighted by Crippen LogP contribution is 2.27. The molecule has 0 aromatic heterocycles. The number of halogens is 1. The molecule has 0 fully saturated rings. The van der Waals surface area contributed by atoms with Gasteiger partial charge in [0.2, 0.25) is 0 Å². The Kier molecular flexibility index (Phi) is 4.51. The van der Waals surface area contributed by atoms with Crippen LogP contribution in [0.25, 0.3) is 0 Å². The Morgan fingerprint density at radius 2 is 2.31 bits per heavy atom. The van der Waals surface area contributed by atoms with Gasteiger partial charge < -0.3 is 0 Å². The highest BCUT2D eigenvalue weighted by Gasteiger charge is 2.07. The molecule has 0 aliphatic heterocycles. The Morgan fingerprint density at radius 1 is 1.54 bits per heavy atom. The molecule has 1 rings (SSSR count). The molecule has 0 bridgehead atoms. The first kappa shape index (κ1) is 10.8. The van der Waals surface area contributed by atoms with Gasteiger partial charge in [-0.3, -0.25) is 0 Å². The molecule has 13 heavy (non-hydrogen) atoms. The van der Waals surface area contributed by atoms with Crippen LogP contribution in [-0.2, 0) is 0 Å². The van der Waals surface area contributed by atoms with Gasteiger partial charge in [0.15, 0.2) is 0 Å². The maximum atomic E-state index is 3.56. The number of hydrogen-bond donors (Lipinski definition) is 0. The van der Waals surface area contributed by atoms with Gasteiger partial charge >= 0.3 is 0 Å². The largest absolute Gasteiger partial charge is 0.0654 e. The van der Waals surface area contributed by atoms with Crippen molar-refractivity contribution in [2.45, 2.75) is 39.0 Å². The third kappa shape index (κ3) is 3.15. The van der Waals surface area contributed by atoms with Gasteiger partial charge in [-0.1, -0.05) is 54.8 Å². The Balaban J connectivity index is 2.65. The molecule has 1 aromatic carbocycles. The van der Waals surface area contributed by atoms with Crippen LogP contribution in [0.1, 0.15) is 44.6 Å². The zero-order chi connectivity index (χ0) is 9.68. The molecule has 1 unspecified atom stereocenters. The average molecular weight is 240 g/mol. The third-order valence-electron chi connectivity index (χ3n) is 2.32. The van der Waals surface area contributed by atoms with Crippen molar-refractivity contribution in [1.29, 1.82) is 0 Å². The fourth-order valence-electron chi connectivity index (χ4n) is 1.46. The van der Waals surface area contributed by atoms with Crippen LogP contribution in [0.2, 0.25) is 0 Å². The quantitative estimate of drug-likeness (QED) is 0.724. The van der Waals surface area contributed by atoms with Crippen LogP contribution in [0, 0.1) is 6.07 Å². The molecule has 71 valence electrons. The van der Waals surface area contributed by atoms with E-state index in [2.05, 4.69) is 41.9 Å². The van der Waals surface area contributed by atoms with Gasteiger partial charge in [-0.05, 0) is 30.0 Å². The Morgan fingerprint density at radius 3 is 2.92 bits per heavy atom. The van der Waals surface area contributed by atoms with Crippen molar-refractivity contribution in [3.63, 3.8) is 0 Å². The highest BCUT2D eigenvalue weighted by molar-refractivity contribution is 9.10. The van der Waals surface area contributed by atoms with Gasteiger partial charge in [0, 0.05) is 4.47 Å². The Labute approximate surface area is 89.5 Å². The van der Waals surface area contributed by atoms with Crippen molar-refractivity contribution in [2.75, 3.05) is 0 Å². The maximum Gasteiger partial charge on any atom is 0.0216 e. The first-order chi connectivity index (χ1) is 6.25. The molecule has 1 aromatic rings. The van der Waals surface area contributed by atoms with E-state index in [0.29, 0.717) is 5.92 Å². The van der Waals surface area contributed by atoms with E-state index in [1.165, 1.54) is 29.3 Å². The van der Waals surface area contributed by atoms with Crippen LogP contribution in [0.5, 0.6) is 0 Å². The lowest BCUT2D eigenvalue weighted by molar-refractivity contribution is 0.622. The second-order valence-electron chi connectivity index (χ2n) is 3.48. The SMILES string of the molecule is CCCCC(C)c1[c]cccc1Br. The predicted octanol–water partition coefficient (Wildman–Crippen LogP) is 4.54. The van der Waals surface area contributed by atoms with Gasteiger partial charge in [0.25, 0.3) is 0 Å². The maximum absolute atomic E-state index is 3.56. The minimum absolute atomic E-state index is 0.621. The van der Waals surface area contributed by atoms with E-state index >= 15 is 0 Å². The summed E-state index contributed by atoms with van der Waals surface area (Å²) in [4.78, 5) is 0. The van der Waals surface area contributed by atoms with Crippen LogP contribution in [0.3, 0.4) is 0 Å². The molecule has 1 atom stereocenters. The summed E-state index contributed by atoms with van der Waals surface area (Å²) in [5.74, 6) is 0.621. The summed E-state index contributed by atoms with van der Waals surface area (Å²) in [6, 6.07) is 9.39. The lowest BCUT2D eigenvalue weighted by atomic mass is 9.96. The van der Waals surface area contributed by atoms with Crippen molar-refractivity contribution in [3.05, 3.63) is 34.3 Å². The predicted molar refractivity (Wildman–Crippen MR) is 60.9 cm³/mol. The molecule has 1 heteroatoms. The fraction of sp³-hybridized carbons (Fsp3) is 0.500. The van der Waals surface area contributed by atoms with Crippen molar-refractivity contribution >= 4 is 15.9 Å². The first-order valence-corrected chi connectivity index (χ1v) is 5.71. The summed E-state index contributed by atoms with van der Waals surface area (Å²) in [6.45, 7) is 4.50. The average Bonchev–Trinajstić information content (AvgIpc) is 2.15. The highest BCUT2D eigenvalue weighted by atomic mass is 79.9. The molecule has 0 saturated carbocycles. The van der Waals surface area contributed by atoms with E-state index < -0.39 is 0 Å². The van der Waals surface area contributed by atoms with Crippen molar-refractivity contribution < 1.29 is 0 Å². The van der Waals surface area contributed by atoms with Gasteiger partial charge in [0.1, 0.15) is 0 Å². The number of unbranched alkanes of at least 4 members (excludes halogenated alkanes) is 1. The zero-order valence-corrected chi connectivity index (χ0v) is 9.89. The topological polar surface area (TPSA) is 0 Å². The lowest BCUT2D eigenvalue weighted by Gasteiger charge is -2.12. The van der Waals surface area contributed by atoms with Crippen LogP contribution in [-0.4, -0.2) is 0 Å². The van der Waals surface area contributed by atoms with Gasteiger partial charge in [0.05, 0.1) is 0 Å². The third-order valence-corrected chi connectivity index (χ3v) is 3.01. The summed E-state index contributed by atoms with van der Waals surface area (Å²) in [6.07, 6.45) is 3.83. The summed E-state index contributed by atoms with van der Waals surface area (Å²) < 4.78 is 1.19. The molecular formula is C12H16Br. The molecule has 0 nitrogen and oxygen atoms in total. The zero-order valence-electron chi connectivity index (χ0n) is 8.31. The molecule has 0 aliphatic rings. The van der Waals surface area contributed by atoms with Gasteiger partial charge in [-0.2, -0.15) is 0 Å². The second-order valence-corrected chi connectivity index (χ2v) is 4.33. The minimum atomic E-state index is 0.621. The normalized spacial score (nSPS) is 12.8. The van der Waals surface area contributed by atoms with Crippen molar-refractivity contribution in [3.8, 4) is 0 Å². The first-order valence-electron chi connectivity index (χ1n) is 4.91. The minimum Gasteiger partial charge on any atom is -0.0654 e. The molecule has 0 N–H and O–H groups in total. The van der Waals surface area contributed by atoms with E-state index in [4.69, 9.17) is 0 Å². The molecule has 0 aliphatic carbocycles. The summed E-state index contributed by atoms with van der Waals surface area (Å²) in [5, 5.41) is 0. The van der Waals surface area contributed by atoms with Crippen LogP contribution in [0.4, 0.5) is 0 Å². The molecule has 1 radical (unpaired) electrons. The van der Waals surface area contributed by atoms with Crippen molar-refractivity contribution in [2.24, 2.45) is 0 Å². The van der Waals surface area contributed by atoms with E-state index in [9.17, 15) is 0 Å². The summed E-state index contributed by atoms with van der Waals surface area (Å²) in [7, 11) is 0. The molecule has 0 amide bonds. The standard InChI is InChI=1S/C12H16Br/c1-3-4-7-10(2)11-8-5-6-9-12(11)13/h5-6,9-10H,3-4,7H2,1-2H3. The molecular weight excluding hydrogens is 224 g/mol. The van der Waals surface area contributed by atoms with Crippen LogP contribution in [0.15, 0.2) is 22.7 Å². The Hall–Kier alpha value is -0.300.